The Balaban J connectivity index is 2.01. The van der Waals surface area contributed by atoms with Gasteiger partial charge in [-0.05, 0) is 61.1 Å². The average molecular weight is 447 g/mol. The van der Waals surface area contributed by atoms with E-state index in [9.17, 15) is 13.2 Å². The molecule has 0 fully saturated rings. The highest BCUT2D eigenvalue weighted by molar-refractivity contribution is 7.89. The normalized spacial score (nSPS) is 12.5. The molecule has 0 heterocycles. The first kappa shape index (κ1) is 24.9. The number of nitrogens with zero attached hydrogens (tertiary/aromatic N) is 1. The van der Waals surface area contributed by atoms with Crippen molar-refractivity contribution in [2.75, 3.05) is 25.0 Å². The van der Waals surface area contributed by atoms with Gasteiger partial charge in [-0.25, -0.2) is 8.42 Å². The van der Waals surface area contributed by atoms with Gasteiger partial charge < -0.3 is 10.1 Å². The van der Waals surface area contributed by atoms with E-state index < -0.39 is 10.0 Å². The van der Waals surface area contributed by atoms with Gasteiger partial charge in [0.25, 0.3) is 5.91 Å². The summed E-state index contributed by atoms with van der Waals surface area (Å²) in [6.45, 7) is 9.02. The highest BCUT2D eigenvalue weighted by Gasteiger charge is 2.23. The van der Waals surface area contributed by atoms with Crippen LogP contribution >= 0.6 is 0 Å². The number of ether oxygens (including phenoxy) is 1. The van der Waals surface area contributed by atoms with Crippen LogP contribution in [-0.4, -0.2) is 38.3 Å². The van der Waals surface area contributed by atoms with E-state index in [-0.39, 0.29) is 17.4 Å². The molecule has 0 aliphatic rings. The van der Waals surface area contributed by atoms with Gasteiger partial charge in [0.1, 0.15) is 5.75 Å². The molecule has 1 unspecified atom stereocenters. The van der Waals surface area contributed by atoms with Crippen molar-refractivity contribution in [3.63, 3.8) is 0 Å². The maximum atomic E-state index is 12.8. The summed E-state index contributed by atoms with van der Waals surface area (Å²) in [5.41, 5.74) is 1.61. The van der Waals surface area contributed by atoms with Crippen LogP contribution in [0.15, 0.2) is 53.4 Å². The smallest absolute Gasteiger partial charge is 0.262 e. The van der Waals surface area contributed by atoms with Crippen LogP contribution in [0.3, 0.4) is 0 Å². The Morgan fingerprint density at radius 3 is 2.19 bits per heavy atom. The molecule has 170 valence electrons. The molecule has 0 aromatic heterocycles. The van der Waals surface area contributed by atoms with Crippen LogP contribution < -0.4 is 10.1 Å². The topological polar surface area (TPSA) is 75.7 Å². The summed E-state index contributed by atoms with van der Waals surface area (Å²) < 4.78 is 32.9. The van der Waals surface area contributed by atoms with Gasteiger partial charge in [-0.1, -0.05) is 45.9 Å². The van der Waals surface area contributed by atoms with Gasteiger partial charge in [0.15, 0.2) is 6.61 Å². The maximum absolute atomic E-state index is 12.8. The summed E-state index contributed by atoms with van der Waals surface area (Å²) in [5, 5.41) is 2.76. The Hall–Kier alpha value is -2.38. The number of hydrogen-bond donors (Lipinski definition) is 1. The Kier molecular flexibility index (Phi) is 9.52. The first-order chi connectivity index (χ1) is 14.8. The van der Waals surface area contributed by atoms with Crippen molar-refractivity contribution in [3.8, 4) is 5.75 Å². The van der Waals surface area contributed by atoms with E-state index in [0.717, 1.165) is 24.8 Å². The molecule has 1 N–H and O–H groups in total. The molecule has 0 radical (unpaired) electrons. The number of carbonyl (C=O) groups is 1. The summed E-state index contributed by atoms with van der Waals surface area (Å²) in [4.78, 5) is 12.6. The van der Waals surface area contributed by atoms with E-state index in [2.05, 4.69) is 19.2 Å². The predicted octanol–water partition coefficient (Wildman–Crippen LogP) is 5.03. The lowest BCUT2D eigenvalue weighted by molar-refractivity contribution is -0.118. The number of hydrogen-bond acceptors (Lipinski definition) is 4. The summed E-state index contributed by atoms with van der Waals surface area (Å²) in [6, 6.07) is 14.0. The Bertz CT molecular complexity index is 936. The van der Waals surface area contributed by atoms with Crippen molar-refractivity contribution in [2.24, 2.45) is 0 Å². The fourth-order valence-corrected chi connectivity index (χ4v) is 4.91. The van der Waals surface area contributed by atoms with Crippen LogP contribution in [0.25, 0.3) is 0 Å². The monoisotopic (exact) mass is 446 g/mol. The molecule has 1 amide bonds. The van der Waals surface area contributed by atoms with Crippen molar-refractivity contribution >= 4 is 21.6 Å². The van der Waals surface area contributed by atoms with Crippen molar-refractivity contribution in [2.45, 2.75) is 57.8 Å². The average Bonchev–Trinajstić information content (AvgIpc) is 2.77. The van der Waals surface area contributed by atoms with E-state index in [1.54, 1.807) is 12.1 Å². The Morgan fingerprint density at radius 2 is 1.61 bits per heavy atom. The van der Waals surface area contributed by atoms with E-state index in [0.29, 0.717) is 30.4 Å². The highest BCUT2D eigenvalue weighted by Crippen LogP contribution is 2.28. The van der Waals surface area contributed by atoms with Crippen LogP contribution in [0.4, 0.5) is 5.69 Å². The third-order valence-electron chi connectivity index (χ3n) is 5.14. The van der Waals surface area contributed by atoms with Gasteiger partial charge in [-0.2, -0.15) is 4.31 Å². The van der Waals surface area contributed by atoms with E-state index >= 15 is 0 Å². The van der Waals surface area contributed by atoms with Crippen LogP contribution in [0.5, 0.6) is 5.75 Å². The molecule has 0 bridgehead atoms. The fraction of sp³-hybridized carbons (Fsp3) is 0.458. The minimum absolute atomic E-state index is 0.117. The molecule has 1 atom stereocenters. The molecule has 2 rings (SSSR count). The number of amides is 1. The van der Waals surface area contributed by atoms with Crippen LogP contribution in [0.2, 0.25) is 0 Å². The van der Waals surface area contributed by atoms with Gasteiger partial charge in [-0.15, -0.1) is 0 Å². The van der Waals surface area contributed by atoms with Crippen molar-refractivity contribution in [3.05, 3.63) is 54.1 Å². The number of rotatable bonds is 12. The van der Waals surface area contributed by atoms with E-state index in [1.807, 2.05) is 38.1 Å². The second-order valence-corrected chi connectivity index (χ2v) is 9.55. The third kappa shape index (κ3) is 6.80. The van der Waals surface area contributed by atoms with Gasteiger partial charge >= 0.3 is 0 Å². The van der Waals surface area contributed by atoms with Crippen LogP contribution in [0, 0.1) is 0 Å². The first-order valence-electron chi connectivity index (χ1n) is 10.9. The molecule has 0 aliphatic carbocycles. The minimum Gasteiger partial charge on any atom is -0.483 e. The molecule has 31 heavy (non-hydrogen) atoms. The fourth-order valence-electron chi connectivity index (χ4n) is 3.29. The molecule has 7 heteroatoms. The summed E-state index contributed by atoms with van der Waals surface area (Å²) in [6.07, 6.45) is 2.50. The number of carbonyl (C=O) groups excluding carboxylic acids is 1. The number of benzene rings is 2. The van der Waals surface area contributed by atoms with E-state index in [4.69, 9.17) is 4.74 Å². The molecule has 2 aromatic rings. The van der Waals surface area contributed by atoms with Gasteiger partial charge in [0, 0.05) is 18.8 Å². The van der Waals surface area contributed by atoms with Crippen LogP contribution in [0.1, 0.15) is 58.4 Å². The summed E-state index contributed by atoms with van der Waals surface area (Å²) in [5.74, 6) is 0.752. The summed E-state index contributed by atoms with van der Waals surface area (Å²) >= 11 is 0. The van der Waals surface area contributed by atoms with Crippen molar-refractivity contribution in [1.82, 2.24) is 4.31 Å². The first-order valence-corrected chi connectivity index (χ1v) is 12.4. The minimum atomic E-state index is -3.54. The number of para-hydroxylation sites is 1. The number of anilines is 1. The number of nitrogens with one attached hydrogen (secondary N) is 1. The van der Waals surface area contributed by atoms with Gasteiger partial charge in [0.2, 0.25) is 10.0 Å². The number of sulfonamides is 1. The molecule has 0 saturated carbocycles. The third-order valence-corrected chi connectivity index (χ3v) is 7.06. The zero-order valence-corrected chi connectivity index (χ0v) is 19.7. The molecule has 2 aromatic carbocycles. The molecule has 0 aliphatic heterocycles. The molecule has 6 nitrogen and oxygen atoms in total. The second-order valence-electron chi connectivity index (χ2n) is 7.61. The van der Waals surface area contributed by atoms with Gasteiger partial charge in [0.05, 0.1) is 4.90 Å². The van der Waals surface area contributed by atoms with Gasteiger partial charge in [-0.3, -0.25) is 4.79 Å². The standard InChI is InChI=1S/C24H34N2O4S/c1-5-16-26(17-6-2)31(28,29)21-14-12-20(13-15-21)25-24(27)18-30-23-11-9-8-10-22(23)19(4)7-3/h8-15,19H,5-7,16-18H2,1-4H3,(H,25,27). The van der Waals surface area contributed by atoms with Crippen molar-refractivity contribution in [1.29, 1.82) is 0 Å². The SMILES string of the molecule is CCCN(CCC)S(=O)(=O)c1ccc(NC(=O)COc2ccccc2C(C)CC)cc1. The molecular formula is C24H34N2O4S. The van der Waals surface area contributed by atoms with Crippen LogP contribution in [-0.2, 0) is 14.8 Å². The predicted molar refractivity (Wildman–Crippen MR) is 125 cm³/mol. The lowest BCUT2D eigenvalue weighted by Crippen LogP contribution is -2.32. The van der Waals surface area contributed by atoms with E-state index in [1.165, 1.54) is 16.4 Å². The lowest BCUT2D eigenvalue weighted by Gasteiger charge is -2.21. The van der Waals surface area contributed by atoms with Crippen molar-refractivity contribution < 1.29 is 17.9 Å². The lowest BCUT2D eigenvalue weighted by atomic mass is 9.98. The Morgan fingerprint density at radius 1 is 1.00 bits per heavy atom. The summed E-state index contributed by atoms with van der Waals surface area (Å²) in [7, 11) is -3.54. The zero-order valence-electron chi connectivity index (χ0n) is 18.9. The second kappa shape index (κ2) is 11.9. The molecular weight excluding hydrogens is 412 g/mol. The quantitative estimate of drug-likeness (QED) is 0.496. The molecule has 0 saturated heterocycles. The zero-order chi connectivity index (χ0) is 22.9. The molecule has 0 spiro atoms. The maximum Gasteiger partial charge on any atom is 0.262 e. The largest absolute Gasteiger partial charge is 0.483 e. The highest BCUT2D eigenvalue weighted by atomic mass is 32.2. The Labute approximate surface area is 186 Å².